The molecule has 2 rings (SSSR count). The second-order valence-electron chi connectivity index (χ2n) is 3.40. The van der Waals surface area contributed by atoms with Crippen LogP contribution in [-0.4, -0.2) is 19.9 Å². The first-order valence-electron chi connectivity index (χ1n) is 4.92. The van der Waals surface area contributed by atoms with E-state index in [2.05, 4.69) is 20.3 Å². The quantitative estimate of drug-likeness (QED) is 0.660. The van der Waals surface area contributed by atoms with Crippen molar-refractivity contribution in [2.75, 3.05) is 5.32 Å². The predicted octanol–water partition coefficient (Wildman–Crippen LogP) is 1.97. The third kappa shape index (κ3) is 2.37. The minimum atomic E-state index is -0.582. The van der Waals surface area contributed by atoms with Crippen LogP contribution >= 0.6 is 0 Å². The van der Waals surface area contributed by atoms with Crippen molar-refractivity contribution < 1.29 is 9.31 Å². The Hall–Kier alpha value is -2.64. The van der Waals surface area contributed by atoms with Crippen LogP contribution in [0.2, 0.25) is 0 Å². The topological polar surface area (TPSA) is 93.8 Å². The van der Waals surface area contributed by atoms with Gasteiger partial charge in [-0.1, -0.05) is 0 Å². The van der Waals surface area contributed by atoms with E-state index in [0.717, 1.165) is 12.4 Å². The predicted molar refractivity (Wildman–Crippen MR) is 60.9 cm³/mol. The van der Waals surface area contributed by atoms with Crippen molar-refractivity contribution in [3.63, 3.8) is 0 Å². The largest absolute Gasteiger partial charge is 0.318 e. The second-order valence-corrected chi connectivity index (χ2v) is 3.40. The lowest BCUT2D eigenvalue weighted by molar-refractivity contribution is -0.384. The molecule has 2 aromatic rings. The highest BCUT2D eigenvalue weighted by atomic mass is 19.1. The van der Waals surface area contributed by atoms with Crippen LogP contribution in [0.4, 0.5) is 21.7 Å². The van der Waals surface area contributed by atoms with Gasteiger partial charge in [0, 0.05) is 6.20 Å². The fraction of sp³-hybridized carbons (Fsp3) is 0.100. The summed E-state index contributed by atoms with van der Waals surface area (Å²) in [6.45, 7) is 1.52. The average Bonchev–Trinajstić information content (AvgIpc) is 2.32. The minimum absolute atomic E-state index is 0.0742. The van der Waals surface area contributed by atoms with Crippen LogP contribution in [-0.2, 0) is 0 Å². The number of hydrogen-bond acceptors (Lipinski definition) is 6. The molecule has 1 N–H and O–H groups in total. The summed E-state index contributed by atoms with van der Waals surface area (Å²) in [7, 11) is 0. The fourth-order valence-corrected chi connectivity index (χ4v) is 1.39. The molecule has 18 heavy (non-hydrogen) atoms. The fourth-order valence-electron chi connectivity index (χ4n) is 1.39. The van der Waals surface area contributed by atoms with Crippen LogP contribution < -0.4 is 5.32 Å². The zero-order chi connectivity index (χ0) is 13.1. The highest BCUT2D eigenvalue weighted by Gasteiger charge is 2.18. The number of pyridine rings is 1. The van der Waals surface area contributed by atoms with Gasteiger partial charge >= 0.3 is 5.69 Å². The lowest BCUT2D eigenvalue weighted by Gasteiger charge is -2.06. The number of aromatic nitrogens is 3. The summed E-state index contributed by atoms with van der Waals surface area (Å²) >= 11 is 0. The van der Waals surface area contributed by atoms with E-state index in [-0.39, 0.29) is 23.0 Å². The van der Waals surface area contributed by atoms with Gasteiger partial charge < -0.3 is 5.32 Å². The molecule has 0 bridgehead atoms. The van der Waals surface area contributed by atoms with Crippen molar-refractivity contribution in [3.05, 3.63) is 46.3 Å². The van der Waals surface area contributed by atoms with Gasteiger partial charge in [-0.05, 0) is 13.0 Å². The van der Waals surface area contributed by atoms with E-state index in [4.69, 9.17) is 0 Å². The molecule has 0 aliphatic rings. The van der Waals surface area contributed by atoms with Crippen molar-refractivity contribution in [2.45, 2.75) is 6.92 Å². The van der Waals surface area contributed by atoms with Crippen molar-refractivity contribution in [2.24, 2.45) is 0 Å². The van der Waals surface area contributed by atoms with Crippen molar-refractivity contribution >= 4 is 17.3 Å². The maximum Gasteiger partial charge on any atom is 0.313 e. The molecule has 0 fully saturated rings. The van der Waals surface area contributed by atoms with Gasteiger partial charge in [0.25, 0.3) is 0 Å². The molecule has 7 nitrogen and oxygen atoms in total. The number of hydrogen-bond donors (Lipinski definition) is 1. The maximum atomic E-state index is 12.6. The summed E-state index contributed by atoms with van der Waals surface area (Å²) in [5.41, 5.74) is 0.316. The van der Waals surface area contributed by atoms with E-state index in [1.165, 1.54) is 19.2 Å². The number of nitrogens with one attached hydrogen (secondary N) is 1. The third-order valence-electron chi connectivity index (χ3n) is 2.16. The van der Waals surface area contributed by atoms with Crippen LogP contribution in [0.15, 0.2) is 24.7 Å². The Kier molecular flexibility index (Phi) is 3.09. The molecule has 0 radical (unpaired) electrons. The summed E-state index contributed by atoms with van der Waals surface area (Å²) in [5.74, 6) is -0.508. The number of halogens is 1. The van der Waals surface area contributed by atoms with Gasteiger partial charge in [0.2, 0.25) is 5.95 Å². The van der Waals surface area contributed by atoms with Gasteiger partial charge in [0.05, 0.1) is 17.3 Å². The molecule has 0 unspecified atom stereocenters. The molecule has 2 heterocycles. The molecule has 0 aliphatic carbocycles. The summed E-state index contributed by atoms with van der Waals surface area (Å²) in [6.07, 6.45) is 3.36. The first-order chi connectivity index (χ1) is 8.58. The highest BCUT2D eigenvalue weighted by Crippen LogP contribution is 2.27. The SMILES string of the molecule is Cc1nccc(Nc2ncc(F)cn2)c1[N+](=O)[O-]. The van der Waals surface area contributed by atoms with E-state index in [1.807, 2.05) is 0 Å². The number of nitrogens with zero attached hydrogens (tertiary/aromatic N) is 4. The Morgan fingerprint density at radius 2 is 2.00 bits per heavy atom. The van der Waals surface area contributed by atoms with Gasteiger partial charge in [-0.3, -0.25) is 15.1 Å². The van der Waals surface area contributed by atoms with Crippen LogP contribution in [0.25, 0.3) is 0 Å². The van der Waals surface area contributed by atoms with Crippen LogP contribution in [0.3, 0.4) is 0 Å². The first-order valence-corrected chi connectivity index (χ1v) is 4.92. The van der Waals surface area contributed by atoms with Crippen LogP contribution in [0.5, 0.6) is 0 Å². The number of anilines is 2. The molecule has 8 heteroatoms. The molecule has 0 amide bonds. The third-order valence-corrected chi connectivity index (χ3v) is 2.16. The molecule has 0 saturated heterocycles. The number of nitro groups is 1. The molecule has 0 saturated carbocycles. The Morgan fingerprint density at radius 3 is 2.61 bits per heavy atom. The van der Waals surface area contributed by atoms with Crippen LogP contribution in [0, 0.1) is 22.9 Å². The molecular formula is C10H8FN5O2. The molecule has 0 atom stereocenters. The number of rotatable bonds is 3. The highest BCUT2D eigenvalue weighted by molar-refractivity contribution is 5.67. The van der Waals surface area contributed by atoms with E-state index in [1.54, 1.807) is 0 Å². The van der Waals surface area contributed by atoms with Gasteiger partial charge in [-0.2, -0.15) is 0 Å². The van der Waals surface area contributed by atoms with Crippen LogP contribution in [0.1, 0.15) is 5.69 Å². The summed E-state index contributed by atoms with van der Waals surface area (Å²) in [5, 5.41) is 13.6. The molecule has 92 valence electrons. The van der Waals surface area contributed by atoms with Gasteiger partial charge in [-0.15, -0.1) is 0 Å². The van der Waals surface area contributed by atoms with E-state index < -0.39 is 10.7 Å². The van der Waals surface area contributed by atoms with Gasteiger partial charge in [-0.25, -0.2) is 14.4 Å². The Balaban J connectivity index is 2.37. The number of aryl methyl sites for hydroxylation is 1. The maximum absolute atomic E-state index is 12.6. The summed E-state index contributed by atoms with van der Waals surface area (Å²) in [6, 6.07) is 1.43. The van der Waals surface area contributed by atoms with E-state index >= 15 is 0 Å². The van der Waals surface area contributed by atoms with Crippen molar-refractivity contribution in [1.29, 1.82) is 0 Å². The summed E-state index contributed by atoms with van der Waals surface area (Å²) < 4.78 is 12.6. The molecule has 0 spiro atoms. The Labute approximate surface area is 101 Å². The van der Waals surface area contributed by atoms with Gasteiger partial charge in [0.1, 0.15) is 11.4 Å². The van der Waals surface area contributed by atoms with E-state index in [9.17, 15) is 14.5 Å². The molecule has 0 aromatic carbocycles. The zero-order valence-corrected chi connectivity index (χ0v) is 9.29. The second kappa shape index (κ2) is 4.70. The first kappa shape index (κ1) is 11.8. The summed E-state index contributed by atoms with van der Waals surface area (Å²) in [4.78, 5) is 21.5. The molecular weight excluding hydrogens is 241 g/mol. The Morgan fingerprint density at radius 1 is 1.33 bits per heavy atom. The van der Waals surface area contributed by atoms with Crippen molar-refractivity contribution in [1.82, 2.24) is 15.0 Å². The minimum Gasteiger partial charge on any atom is -0.318 e. The average molecular weight is 249 g/mol. The lowest BCUT2D eigenvalue weighted by Crippen LogP contribution is -2.03. The normalized spacial score (nSPS) is 10.1. The zero-order valence-electron chi connectivity index (χ0n) is 9.29. The smallest absolute Gasteiger partial charge is 0.313 e. The van der Waals surface area contributed by atoms with Gasteiger partial charge in [0.15, 0.2) is 5.82 Å². The monoisotopic (exact) mass is 249 g/mol. The standard InChI is InChI=1S/C10H8FN5O2/c1-6-9(16(17)18)8(2-3-12-6)15-10-13-4-7(11)5-14-10/h2-5H,1H3,(H,12,13,14,15). The lowest BCUT2D eigenvalue weighted by atomic mass is 10.3. The van der Waals surface area contributed by atoms with Crippen molar-refractivity contribution in [3.8, 4) is 0 Å². The Bertz CT molecular complexity index is 587. The van der Waals surface area contributed by atoms with E-state index in [0.29, 0.717) is 0 Å². The molecule has 2 aromatic heterocycles. The molecule has 0 aliphatic heterocycles.